The largest absolute Gasteiger partial charge is 0.481 e. The van der Waals surface area contributed by atoms with Gasteiger partial charge in [-0.2, -0.15) is 0 Å². The third kappa shape index (κ3) is 9.72. The monoisotopic (exact) mass is 194 g/mol. The van der Waals surface area contributed by atoms with Crippen molar-refractivity contribution in [3.63, 3.8) is 0 Å². The molecule has 0 fully saturated rings. The van der Waals surface area contributed by atoms with E-state index in [1.807, 2.05) is 0 Å². The molecular weight excluding hydrogens is 180 g/mol. The van der Waals surface area contributed by atoms with Crippen LogP contribution in [0.3, 0.4) is 0 Å². The predicted octanol–water partition coefficient (Wildman–Crippen LogP) is 1.97. The van der Waals surface area contributed by atoms with Crippen LogP contribution >= 0.6 is 11.6 Å². The van der Waals surface area contributed by atoms with Gasteiger partial charge in [0.15, 0.2) is 0 Å². The Kier molecular flexibility index (Phi) is 7.20. The average Bonchev–Trinajstić information content (AvgIpc) is 1.95. The quantitative estimate of drug-likeness (QED) is 0.481. The van der Waals surface area contributed by atoms with E-state index in [2.05, 4.69) is 0 Å². The molecule has 0 heterocycles. The minimum atomic E-state index is -0.746. The lowest BCUT2D eigenvalue weighted by Crippen LogP contribution is -1.96. The number of rotatable bonds is 7. The highest BCUT2D eigenvalue weighted by Crippen LogP contribution is 2.08. The summed E-state index contributed by atoms with van der Waals surface area (Å²) in [6.07, 6.45) is 4.25. The first kappa shape index (κ1) is 11.7. The van der Waals surface area contributed by atoms with Crippen molar-refractivity contribution in [2.24, 2.45) is 0 Å². The van der Waals surface area contributed by atoms with Gasteiger partial charge in [-0.05, 0) is 19.3 Å². The summed E-state index contributed by atoms with van der Waals surface area (Å²) in [5.41, 5.74) is -0.746. The number of aliphatic hydroxyl groups excluding tert-OH is 1. The lowest BCUT2D eigenvalue weighted by atomic mass is 10.1. The van der Waals surface area contributed by atoms with Crippen molar-refractivity contribution >= 4 is 17.6 Å². The molecule has 0 aromatic heterocycles. The Morgan fingerprint density at radius 2 is 1.83 bits per heavy atom. The second-order valence-electron chi connectivity index (χ2n) is 2.78. The molecule has 0 saturated heterocycles. The van der Waals surface area contributed by atoms with Crippen LogP contribution in [0.5, 0.6) is 0 Å². The Labute approximate surface area is 77.3 Å². The molecule has 1 unspecified atom stereocenters. The van der Waals surface area contributed by atoms with E-state index >= 15 is 0 Å². The zero-order valence-electron chi connectivity index (χ0n) is 7.00. The van der Waals surface area contributed by atoms with Gasteiger partial charge in [-0.3, -0.25) is 4.79 Å². The van der Waals surface area contributed by atoms with Gasteiger partial charge in [0.05, 0.1) is 0 Å². The predicted molar refractivity (Wildman–Crippen MR) is 47.2 cm³/mol. The van der Waals surface area contributed by atoms with Crippen molar-refractivity contribution in [2.75, 3.05) is 0 Å². The number of carboxylic acids is 1. The zero-order valence-corrected chi connectivity index (χ0v) is 7.76. The van der Waals surface area contributed by atoms with Crippen molar-refractivity contribution in [2.45, 2.75) is 44.1 Å². The van der Waals surface area contributed by atoms with Crippen LogP contribution in [0.15, 0.2) is 0 Å². The molecule has 2 N–H and O–H groups in total. The van der Waals surface area contributed by atoms with Crippen molar-refractivity contribution in [3.05, 3.63) is 0 Å². The van der Waals surface area contributed by atoms with Gasteiger partial charge in [0.2, 0.25) is 0 Å². The molecule has 0 aliphatic heterocycles. The molecule has 0 radical (unpaired) electrons. The van der Waals surface area contributed by atoms with Crippen LogP contribution < -0.4 is 0 Å². The second-order valence-corrected chi connectivity index (χ2v) is 3.28. The number of aliphatic hydroxyl groups is 1. The number of carboxylic acid groups (broad SMARTS) is 1. The van der Waals surface area contributed by atoms with Gasteiger partial charge in [-0.25, -0.2) is 0 Å². The van der Waals surface area contributed by atoms with Crippen LogP contribution in [0.25, 0.3) is 0 Å². The van der Waals surface area contributed by atoms with Crippen molar-refractivity contribution in [3.8, 4) is 0 Å². The fourth-order valence-corrected chi connectivity index (χ4v) is 1.10. The molecule has 0 spiro atoms. The third-order valence-corrected chi connectivity index (χ3v) is 1.80. The number of unbranched alkanes of at least 4 members (excludes halogenated alkanes) is 3. The maximum Gasteiger partial charge on any atom is 0.303 e. The summed E-state index contributed by atoms with van der Waals surface area (Å²) in [4.78, 5) is 10.1. The smallest absolute Gasteiger partial charge is 0.303 e. The molecule has 3 nitrogen and oxygen atoms in total. The first-order valence-corrected chi connectivity index (χ1v) is 4.60. The van der Waals surface area contributed by atoms with Crippen molar-refractivity contribution in [1.82, 2.24) is 0 Å². The molecular formula is C8H15ClO3. The number of carbonyl (C=O) groups is 1. The molecule has 0 rings (SSSR count). The van der Waals surface area contributed by atoms with E-state index in [0.29, 0.717) is 12.8 Å². The van der Waals surface area contributed by atoms with E-state index in [4.69, 9.17) is 21.8 Å². The first-order chi connectivity index (χ1) is 5.63. The Morgan fingerprint density at radius 3 is 2.33 bits per heavy atom. The van der Waals surface area contributed by atoms with E-state index in [1.165, 1.54) is 0 Å². The SMILES string of the molecule is O=C(O)CCCCCCC(O)Cl. The highest BCUT2D eigenvalue weighted by atomic mass is 35.5. The summed E-state index contributed by atoms with van der Waals surface area (Å²) in [5, 5.41) is 17.0. The Morgan fingerprint density at radius 1 is 1.25 bits per heavy atom. The van der Waals surface area contributed by atoms with Crippen LogP contribution in [0, 0.1) is 0 Å². The van der Waals surface area contributed by atoms with Crippen molar-refractivity contribution < 1.29 is 15.0 Å². The summed E-state index contributed by atoms with van der Waals surface area (Å²) >= 11 is 5.30. The van der Waals surface area contributed by atoms with Gasteiger partial charge in [-0.1, -0.05) is 24.4 Å². The summed E-state index contributed by atoms with van der Waals surface area (Å²) in [5.74, 6) is -0.743. The maximum absolute atomic E-state index is 10.1. The fourth-order valence-electron chi connectivity index (χ4n) is 0.943. The molecule has 0 aromatic carbocycles. The van der Waals surface area contributed by atoms with Crippen LogP contribution in [0.4, 0.5) is 0 Å². The van der Waals surface area contributed by atoms with Crippen LogP contribution in [0.2, 0.25) is 0 Å². The number of alkyl halides is 1. The molecule has 1 atom stereocenters. The molecule has 0 aliphatic rings. The minimum Gasteiger partial charge on any atom is -0.481 e. The molecule has 72 valence electrons. The van der Waals surface area contributed by atoms with Gasteiger partial charge >= 0.3 is 5.97 Å². The van der Waals surface area contributed by atoms with E-state index in [0.717, 1.165) is 19.3 Å². The minimum absolute atomic E-state index is 0.240. The molecule has 12 heavy (non-hydrogen) atoms. The first-order valence-electron chi connectivity index (χ1n) is 4.17. The molecule has 4 heteroatoms. The number of aliphatic carboxylic acids is 1. The van der Waals surface area contributed by atoms with Crippen molar-refractivity contribution in [1.29, 1.82) is 0 Å². The Balaban J connectivity index is 2.96. The number of hydrogen-bond acceptors (Lipinski definition) is 2. The zero-order chi connectivity index (χ0) is 9.40. The van der Waals surface area contributed by atoms with Gasteiger partial charge < -0.3 is 10.2 Å². The normalized spacial score (nSPS) is 12.8. The van der Waals surface area contributed by atoms with Gasteiger partial charge in [0, 0.05) is 6.42 Å². The Bertz CT molecular complexity index is 125. The lowest BCUT2D eigenvalue weighted by Gasteiger charge is -2.00. The highest BCUT2D eigenvalue weighted by molar-refractivity contribution is 6.19. The highest BCUT2D eigenvalue weighted by Gasteiger charge is 1.99. The van der Waals surface area contributed by atoms with Gasteiger partial charge in [-0.15, -0.1) is 0 Å². The number of hydrogen-bond donors (Lipinski definition) is 2. The average molecular weight is 195 g/mol. The molecule has 0 bridgehead atoms. The lowest BCUT2D eigenvalue weighted by molar-refractivity contribution is -0.137. The topological polar surface area (TPSA) is 57.5 Å². The molecule has 0 aromatic rings. The maximum atomic E-state index is 10.1. The van der Waals surface area contributed by atoms with Gasteiger partial charge in [0.25, 0.3) is 0 Å². The molecule has 0 aliphatic carbocycles. The van der Waals surface area contributed by atoms with Gasteiger partial charge in [0.1, 0.15) is 5.56 Å². The summed E-state index contributed by atoms with van der Waals surface area (Å²) in [6, 6.07) is 0. The standard InChI is InChI=1S/C8H15ClO3/c9-7(10)5-3-1-2-4-6-8(11)12/h7,10H,1-6H2,(H,11,12). The molecule has 0 amide bonds. The van der Waals surface area contributed by atoms with E-state index in [-0.39, 0.29) is 6.42 Å². The van der Waals surface area contributed by atoms with E-state index in [1.54, 1.807) is 0 Å². The molecule has 0 saturated carbocycles. The van der Waals surface area contributed by atoms with E-state index < -0.39 is 11.5 Å². The third-order valence-electron chi connectivity index (χ3n) is 1.58. The summed E-state index contributed by atoms with van der Waals surface area (Å²) in [7, 11) is 0. The van der Waals surface area contributed by atoms with Crippen LogP contribution in [0.1, 0.15) is 38.5 Å². The summed E-state index contributed by atoms with van der Waals surface area (Å²) in [6.45, 7) is 0. The van der Waals surface area contributed by atoms with E-state index in [9.17, 15) is 4.79 Å². The Hall–Kier alpha value is -0.280. The van der Waals surface area contributed by atoms with Crippen LogP contribution in [-0.4, -0.2) is 21.7 Å². The van der Waals surface area contributed by atoms with Crippen LogP contribution in [-0.2, 0) is 4.79 Å². The number of halogens is 1. The summed E-state index contributed by atoms with van der Waals surface area (Å²) < 4.78 is 0. The second kappa shape index (κ2) is 7.37. The fraction of sp³-hybridized carbons (Fsp3) is 0.875.